The molecule has 0 aliphatic heterocycles. The SMILES string of the molecule is CCOc1ccc(-c2noc(CCC(=O)Nc3ccc(-c4nc5ccccc5o4)cc3)n2)cc1. The van der Waals surface area contributed by atoms with Gasteiger partial charge >= 0.3 is 0 Å². The smallest absolute Gasteiger partial charge is 0.227 e. The minimum atomic E-state index is -0.143. The summed E-state index contributed by atoms with van der Waals surface area (Å²) in [5.41, 5.74) is 3.89. The number of aryl methyl sites for hydroxylation is 1. The molecule has 0 spiro atoms. The van der Waals surface area contributed by atoms with Gasteiger partial charge < -0.3 is 19.0 Å². The number of ether oxygens (including phenoxy) is 1. The highest BCUT2D eigenvalue weighted by molar-refractivity contribution is 5.91. The first-order valence-corrected chi connectivity index (χ1v) is 11.0. The molecule has 3 aromatic carbocycles. The Morgan fingerprint density at radius 2 is 1.71 bits per heavy atom. The van der Waals surface area contributed by atoms with Gasteiger partial charge in [0.15, 0.2) is 5.58 Å². The second kappa shape index (κ2) is 9.58. The average Bonchev–Trinajstić information content (AvgIpc) is 3.51. The van der Waals surface area contributed by atoms with E-state index >= 15 is 0 Å². The first-order chi connectivity index (χ1) is 16.7. The zero-order valence-electron chi connectivity index (χ0n) is 18.5. The van der Waals surface area contributed by atoms with Crippen molar-refractivity contribution < 1.29 is 18.5 Å². The Hall–Kier alpha value is -4.46. The lowest BCUT2D eigenvalue weighted by molar-refractivity contribution is -0.116. The van der Waals surface area contributed by atoms with Crippen LogP contribution >= 0.6 is 0 Å². The third-order valence-corrected chi connectivity index (χ3v) is 5.17. The molecule has 5 rings (SSSR count). The van der Waals surface area contributed by atoms with Crippen LogP contribution in [0.4, 0.5) is 5.69 Å². The van der Waals surface area contributed by atoms with Crippen molar-refractivity contribution in [3.63, 3.8) is 0 Å². The van der Waals surface area contributed by atoms with E-state index < -0.39 is 0 Å². The van der Waals surface area contributed by atoms with Crippen molar-refractivity contribution in [3.05, 3.63) is 78.7 Å². The van der Waals surface area contributed by atoms with Crippen molar-refractivity contribution in [2.75, 3.05) is 11.9 Å². The van der Waals surface area contributed by atoms with Crippen LogP contribution < -0.4 is 10.1 Å². The standard InChI is InChI=1S/C26H22N4O4/c1-2-32-20-13-9-17(10-14-20)25-29-24(34-30-25)16-15-23(31)27-19-11-7-18(8-12-19)26-28-21-5-3-4-6-22(21)33-26/h3-14H,2,15-16H2,1H3,(H,27,31). The number of hydrogen-bond acceptors (Lipinski definition) is 7. The number of anilines is 1. The van der Waals surface area contributed by atoms with Crippen molar-refractivity contribution in [2.45, 2.75) is 19.8 Å². The molecule has 0 fully saturated rings. The molecule has 0 aliphatic carbocycles. The molecule has 34 heavy (non-hydrogen) atoms. The van der Waals surface area contributed by atoms with Crippen molar-refractivity contribution in [1.82, 2.24) is 15.1 Å². The molecule has 1 N–H and O–H groups in total. The highest BCUT2D eigenvalue weighted by Crippen LogP contribution is 2.25. The van der Waals surface area contributed by atoms with Crippen molar-refractivity contribution in [2.24, 2.45) is 0 Å². The van der Waals surface area contributed by atoms with Gasteiger partial charge in [-0.15, -0.1) is 0 Å². The maximum Gasteiger partial charge on any atom is 0.227 e. The van der Waals surface area contributed by atoms with Gasteiger partial charge in [0.1, 0.15) is 11.3 Å². The number of rotatable bonds is 8. The summed E-state index contributed by atoms with van der Waals surface area (Å²) in [6, 6.07) is 22.4. The van der Waals surface area contributed by atoms with Gasteiger partial charge in [0, 0.05) is 29.7 Å². The van der Waals surface area contributed by atoms with E-state index in [-0.39, 0.29) is 12.3 Å². The van der Waals surface area contributed by atoms with Crippen molar-refractivity contribution in [1.29, 1.82) is 0 Å². The van der Waals surface area contributed by atoms with Crippen LogP contribution in [0, 0.1) is 0 Å². The van der Waals surface area contributed by atoms with Crippen LogP contribution in [-0.4, -0.2) is 27.6 Å². The molecule has 170 valence electrons. The molecule has 0 atom stereocenters. The van der Waals surface area contributed by atoms with Crippen LogP contribution in [0.3, 0.4) is 0 Å². The molecule has 0 saturated heterocycles. The number of oxazole rings is 1. The minimum absolute atomic E-state index is 0.143. The average molecular weight is 454 g/mol. The van der Waals surface area contributed by atoms with E-state index in [2.05, 4.69) is 20.4 Å². The van der Waals surface area contributed by atoms with E-state index in [1.54, 1.807) is 0 Å². The van der Waals surface area contributed by atoms with Crippen LogP contribution in [0.15, 0.2) is 81.7 Å². The predicted octanol–water partition coefficient (Wildman–Crippen LogP) is 5.51. The Bertz CT molecular complexity index is 1370. The predicted molar refractivity (Wildman–Crippen MR) is 127 cm³/mol. The number of nitrogens with one attached hydrogen (secondary N) is 1. The monoisotopic (exact) mass is 454 g/mol. The molecule has 8 heteroatoms. The Morgan fingerprint density at radius 1 is 0.941 bits per heavy atom. The maximum absolute atomic E-state index is 12.4. The van der Waals surface area contributed by atoms with E-state index in [1.165, 1.54) is 0 Å². The van der Waals surface area contributed by atoms with Gasteiger partial charge in [-0.05, 0) is 67.6 Å². The number of carbonyl (C=O) groups is 1. The fourth-order valence-corrected chi connectivity index (χ4v) is 3.48. The Labute approximate surface area is 195 Å². The van der Waals surface area contributed by atoms with Crippen LogP contribution in [-0.2, 0) is 11.2 Å². The first kappa shape index (κ1) is 21.4. The molecule has 2 heterocycles. The number of benzene rings is 3. The van der Waals surface area contributed by atoms with Gasteiger partial charge in [-0.1, -0.05) is 17.3 Å². The lowest BCUT2D eigenvalue weighted by Crippen LogP contribution is -2.12. The van der Waals surface area contributed by atoms with Crippen LogP contribution in [0.2, 0.25) is 0 Å². The molecule has 8 nitrogen and oxygen atoms in total. The second-order valence-electron chi connectivity index (χ2n) is 7.58. The molecule has 0 radical (unpaired) electrons. The minimum Gasteiger partial charge on any atom is -0.494 e. The van der Waals surface area contributed by atoms with E-state index in [1.807, 2.05) is 79.7 Å². The summed E-state index contributed by atoms with van der Waals surface area (Å²) in [5.74, 6) is 2.07. The molecule has 0 saturated carbocycles. The Kier molecular flexibility index (Phi) is 6.03. The van der Waals surface area contributed by atoms with Gasteiger partial charge in [0.25, 0.3) is 0 Å². The summed E-state index contributed by atoms with van der Waals surface area (Å²) in [7, 11) is 0. The summed E-state index contributed by atoms with van der Waals surface area (Å²) in [6.07, 6.45) is 0.564. The van der Waals surface area contributed by atoms with Crippen molar-refractivity contribution >= 4 is 22.7 Å². The van der Waals surface area contributed by atoms with Gasteiger partial charge in [0.2, 0.25) is 23.5 Å². The number of aromatic nitrogens is 3. The van der Waals surface area contributed by atoms with E-state index in [9.17, 15) is 4.79 Å². The quantitative estimate of drug-likeness (QED) is 0.329. The Balaban J connectivity index is 1.16. The molecular formula is C26H22N4O4. The molecule has 0 aliphatic rings. The van der Waals surface area contributed by atoms with Gasteiger partial charge in [-0.2, -0.15) is 4.98 Å². The number of hydrogen-bond donors (Lipinski definition) is 1. The highest BCUT2D eigenvalue weighted by atomic mass is 16.5. The normalized spacial score (nSPS) is 11.0. The lowest BCUT2D eigenvalue weighted by Gasteiger charge is -2.04. The third kappa shape index (κ3) is 4.80. The molecular weight excluding hydrogens is 432 g/mol. The first-order valence-electron chi connectivity index (χ1n) is 11.0. The summed E-state index contributed by atoms with van der Waals surface area (Å²) in [4.78, 5) is 21.3. The number of carbonyl (C=O) groups excluding carboxylic acids is 1. The fourth-order valence-electron chi connectivity index (χ4n) is 3.48. The fraction of sp³-hybridized carbons (Fsp3) is 0.154. The van der Waals surface area contributed by atoms with E-state index in [0.29, 0.717) is 36.3 Å². The zero-order valence-corrected chi connectivity index (χ0v) is 18.5. The summed E-state index contributed by atoms with van der Waals surface area (Å²) in [5, 5.41) is 6.89. The van der Waals surface area contributed by atoms with Gasteiger partial charge in [-0.3, -0.25) is 4.79 Å². The summed E-state index contributed by atoms with van der Waals surface area (Å²) in [6.45, 7) is 2.54. The molecule has 1 amide bonds. The number of amides is 1. The van der Waals surface area contributed by atoms with Crippen LogP contribution in [0.1, 0.15) is 19.2 Å². The number of fused-ring (bicyclic) bond motifs is 1. The zero-order chi connectivity index (χ0) is 23.3. The van der Waals surface area contributed by atoms with Gasteiger partial charge in [-0.25, -0.2) is 4.98 Å². The maximum atomic E-state index is 12.4. The van der Waals surface area contributed by atoms with Crippen molar-refractivity contribution in [3.8, 4) is 28.6 Å². The molecule has 0 bridgehead atoms. The van der Waals surface area contributed by atoms with Gasteiger partial charge in [0.05, 0.1) is 6.61 Å². The molecule has 0 unspecified atom stereocenters. The molecule has 5 aromatic rings. The largest absolute Gasteiger partial charge is 0.494 e. The van der Waals surface area contributed by atoms with Crippen LogP contribution in [0.25, 0.3) is 33.9 Å². The topological polar surface area (TPSA) is 103 Å². The molecule has 2 aromatic heterocycles. The van der Waals surface area contributed by atoms with E-state index in [4.69, 9.17) is 13.7 Å². The Morgan fingerprint density at radius 3 is 2.47 bits per heavy atom. The second-order valence-corrected chi connectivity index (χ2v) is 7.58. The summed E-state index contributed by atoms with van der Waals surface area (Å²) >= 11 is 0. The number of nitrogens with zero attached hydrogens (tertiary/aromatic N) is 3. The summed E-state index contributed by atoms with van der Waals surface area (Å²) < 4.78 is 16.5. The number of para-hydroxylation sites is 2. The highest BCUT2D eigenvalue weighted by Gasteiger charge is 2.12. The lowest BCUT2D eigenvalue weighted by atomic mass is 10.2. The van der Waals surface area contributed by atoms with E-state index in [0.717, 1.165) is 28.0 Å². The van der Waals surface area contributed by atoms with Crippen LogP contribution in [0.5, 0.6) is 5.75 Å². The third-order valence-electron chi connectivity index (χ3n) is 5.17.